The molecule has 0 bridgehead atoms. The van der Waals surface area contributed by atoms with Crippen molar-refractivity contribution in [2.45, 2.75) is 38.4 Å². The van der Waals surface area contributed by atoms with Gasteiger partial charge in [0.15, 0.2) is 11.0 Å². The third-order valence-corrected chi connectivity index (χ3v) is 5.26. The zero-order valence-electron chi connectivity index (χ0n) is 14.2. The van der Waals surface area contributed by atoms with Crippen molar-refractivity contribution in [2.75, 3.05) is 18.8 Å². The highest BCUT2D eigenvalue weighted by Gasteiger charge is 2.22. The van der Waals surface area contributed by atoms with Gasteiger partial charge in [-0.15, -0.1) is 10.2 Å². The van der Waals surface area contributed by atoms with Crippen molar-refractivity contribution in [3.8, 4) is 11.4 Å². The molecule has 0 aliphatic carbocycles. The summed E-state index contributed by atoms with van der Waals surface area (Å²) in [5, 5.41) is 9.37. The Morgan fingerprint density at radius 2 is 2.12 bits per heavy atom. The van der Waals surface area contributed by atoms with E-state index in [9.17, 15) is 4.79 Å². The second-order valence-corrected chi connectivity index (χ2v) is 7.10. The van der Waals surface area contributed by atoms with E-state index in [4.69, 9.17) is 0 Å². The van der Waals surface area contributed by atoms with Gasteiger partial charge in [0.2, 0.25) is 5.91 Å². The topological polar surface area (TPSA) is 63.9 Å². The number of aromatic nitrogens is 4. The lowest BCUT2D eigenvalue weighted by Gasteiger charge is -2.30. The molecule has 1 amide bonds. The lowest BCUT2D eigenvalue weighted by atomic mass is 10.0. The Bertz CT molecular complexity index is 688. The fraction of sp³-hybridized carbons (Fsp3) is 0.529. The number of carbonyl (C=O) groups excluding carboxylic acids is 1. The number of pyridine rings is 1. The van der Waals surface area contributed by atoms with E-state index in [1.165, 1.54) is 18.2 Å². The van der Waals surface area contributed by atoms with Crippen LogP contribution in [0.15, 0.2) is 29.7 Å². The number of hydrogen-bond acceptors (Lipinski definition) is 5. The molecular weight excluding hydrogens is 322 g/mol. The average molecular weight is 345 g/mol. The maximum absolute atomic E-state index is 12.4. The van der Waals surface area contributed by atoms with Gasteiger partial charge in [0, 0.05) is 37.6 Å². The normalized spacial score (nSPS) is 17.9. The van der Waals surface area contributed by atoms with Crippen LogP contribution in [0.3, 0.4) is 0 Å². The molecule has 0 aromatic carbocycles. The van der Waals surface area contributed by atoms with Crippen LogP contribution < -0.4 is 0 Å². The molecule has 2 aromatic heterocycles. The van der Waals surface area contributed by atoms with Crippen molar-refractivity contribution < 1.29 is 4.79 Å². The molecule has 128 valence electrons. The zero-order valence-corrected chi connectivity index (χ0v) is 15.0. The molecule has 3 rings (SSSR count). The summed E-state index contributed by atoms with van der Waals surface area (Å²) in [5.74, 6) is 2.04. The lowest BCUT2D eigenvalue weighted by Crippen LogP contribution is -2.40. The van der Waals surface area contributed by atoms with Crippen molar-refractivity contribution in [3.05, 3.63) is 24.5 Å². The van der Waals surface area contributed by atoms with E-state index in [0.29, 0.717) is 11.7 Å². The minimum absolute atomic E-state index is 0.197. The van der Waals surface area contributed by atoms with Crippen LogP contribution in [0.1, 0.15) is 26.7 Å². The van der Waals surface area contributed by atoms with E-state index in [-0.39, 0.29) is 5.91 Å². The highest BCUT2D eigenvalue weighted by Crippen LogP contribution is 2.24. The Labute approximate surface area is 146 Å². The number of amides is 1. The predicted molar refractivity (Wildman–Crippen MR) is 94.6 cm³/mol. The summed E-state index contributed by atoms with van der Waals surface area (Å²) in [4.78, 5) is 18.5. The number of nitrogens with zero attached hydrogens (tertiary/aromatic N) is 5. The standard InChI is InChI=1S/C17H23N5OS/c1-3-22-16(14-6-8-18-9-7-14)19-20-17(22)24-12-15(23)21-10-4-5-13(2)11-21/h6-9,13H,3-5,10-12H2,1-2H3/t13-/m1/s1. The van der Waals surface area contributed by atoms with Crippen LogP contribution in [0.5, 0.6) is 0 Å². The van der Waals surface area contributed by atoms with Crippen LogP contribution >= 0.6 is 11.8 Å². The third-order valence-electron chi connectivity index (χ3n) is 4.31. The number of likely N-dealkylation sites (tertiary alicyclic amines) is 1. The summed E-state index contributed by atoms with van der Waals surface area (Å²) in [6.45, 7) is 6.80. The Hall–Kier alpha value is -1.89. The molecule has 3 heterocycles. The molecule has 1 saturated heterocycles. The first-order chi connectivity index (χ1) is 11.7. The summed E-state index contributed by atoms with van der Waals surface area (Å²) < 4.78 is 2.05. The van der Waals surface area contributed by atoms with E-state index in [1.54, 1.807) is 12.4 Å². The van der Waals surface area contributed by atoms with Gasteiger partial charge in [-0.1, -0.05) is 18.7 Å². The maximum atomic E-state index is 12.4. The summed E-state index contributed by atoms with van der Waals surface area (Å²) in [5.41, 5.74) is 0.988. The molecule has 6 nitrogen and oxygen atoms in total. The fourth-order valence-electron chi connectivity index (χ4n) is 3.03. The molecule has 2 aromatic rings. The van der Waals surface area contributed by atoms with Crippen LogP contribution in [0.4, 0.5) is 0 Å². The lowest BCUT2D eigenvalue weighted by molar-refractivity contribution is -0.130. The Morgan fingerprint density at radius 3 is 2.83 bits per heavy atom. The second kappa shape index (κ2) is 7.79. The molecule has 1 atom stereocenters. The molecule has 0 radical (unpaired) electrons. The van der Waals surface area contributed by atoms with Crippen molar-refractivity contribution in [2.24, 2.45) is 5.92 Å². The Balaban J connectivity index is 1.67. The number of rotatable bonds is 5. The molecule has 1 aliphatic heterocycles. The van der Waals surface area contributed by atoms with Gasteiger partial charge in [-0.2, -0.15) is 0 Å². The van der Waals surface area contributed by atoms with Crippen LogP contribution in [0.25, 0.3) is 11.4 Å². The van der Waals surface area contributed by atoms with Gasteiger partial charge in [-0.3, -0.25) is 9.78 Å². The SMILES string of the molecule is CCn1c(SCC(=O)N2CCC[C@@H](C)C2)nnc1-c1ccncc1. The largest absolute Gasteiger partial charge is 0.342 e. The highest BCUT2D eigenvalue weighted by molar-refractivity contribution is 7.99. The van der Waals surface area contributed by atoms with Crippen molar-refractivity contribution in [1.82, 2.24) is 24.6 Å². The molecule has 0 spiro atoms. The fourth-order valence-corrected chi connectivity index (χ4v) is 3.93. The molecule has 0 saturated carbocycles. The van der Waals surface area contributed by atoms with Gasteiger partial charge in [0.1, 0.15) is 0 Å². The molecule has 1 aliphatic rings. The molecule has 0 unspecified atom stereocenters. The quantitative estimate of drug-likeness (QED) is 0.780. The van der Waals surface area contributed by atoms with Gasteiger partial charge in [-0.25, -0.2) is 0 Å². The first-order valence-electron chi connectivity index (χ1n) is 8.43. The van der Waals surface area contributed by atoms with Crippen LogP contribution in [0, 0.1) is 5.92 Å². The number of piperidine rings is 1. The molecule has 0 N–H and O–H groups in total. The summed E-state index contributed by atoms with van der Waals surface area (Å²) in [6.07, 6.45) is 5.82. The van der Waals surface area contributed by atoms with Crippen molar-refractivity contribution in [3.63, 3.8) is 0 Å². The van der Waals surface area contributed by atoms with Gasteiger partial charge in [0.05, 0.1) is 5.75 Å². The number of thioether (sulfide) groups is 1. The molecule has 1 fully saturated rings. The van der Waals surface area contributed by atoms with Gasteiger partial charge >= 0.3 is 0 Å². The zero-order chi connectivity index (χ0) is 16.9. The van der Waals surface area contributed by atoms with E-state index in [1.807, 2.05) is 21.6 Å². The minimum Gasteiger partial charge on any atom is -0.342 e. The second-order valence-electron chi connectivity index (χ2n) is 6.16. The van der Waals surface area contributed by atoms with E-state index < -0.39 is 0 Å². The van der Waals surface area contributed by atoms with E-state index in [2.05, 4.69) is 29.0 Å². The molecular formula is C17H23N5OS. The first kappa shape index (κ1) is 17.0. The van der Waals surface area contributed by atoms with Gasteiger partial charge in [-0.05, 0) is 37.8 Å². The monoisotopic (exact) mass is 345 g/mol. The van der Waals surface area contributed by atoms with Crippen LogP contribution in [0.2, 0.25) is 0 Å². The Kier molecular flexibility index (Phi) is 5.50. The maximum Gasteiger partial charge on any atom is 0.233 e. The van der Waals surface area contributed by atoms with Gasteiger partial charge < -0.3 is 9.47 Å². The molecule has 24 heavy (non-hydrogen) atoms. The van der Waals surface area contributed by atoms with Crippen LogP contribution in [-0.2, 0) is 11.3 Å². The predicted octanol–water partition coefficient (Wildman–Crippen LogP) is 2.71. The first-order valence-corrected chi connectivity index (χ1v) is 9.41. The van der Waals surface area contributed by atoms with Crippen LogP contribution in [-0.4, -0.2) is 49.4 Å². The third kappa shape index (κ3) is 3.77. The highest BCUT2D eigenvalue weighted by atomic mass is 32.2. The summed E-state index contributed by atoms with van der Waals surface area (Å²) >= 11 is 1.47. The van der Waals surface area contributed by atoms with Crippen molar-refractivity contribution in [1.29, 1.82) is 0 Å². The van der Waals surface area contributed by atoms with Gasteiger partial charge in [0.25, 0.3) is 0 Å². The molecule has 7 heteroatoms. The minimum atomic E-state index is 0.197. The summed E-state index contributed by atoms with van der Waals surface area (Å²) in [7, 11) is 0. The average Bonchev–Trinajstić information content (AvgIpc) is 3.03. The van der Waals surface area contributed by atoms with Crippen molar-refractivity contribution >= 4 is 17.7 Å². The Morgan fingerprint density at radius 1 is 1.33 bits per heavy atom. The van der Waals surface area contributed by atoms with E-state index >= 15 is 0 Å². The number of hydrogen-bond donors (Lipinski definition) is 0. The smallest absolute Gasteiger partial charge is 0.233 e. The summed E-state index contributed by atoms with van der Waals surface area (Å²) in [6, 6.07) is 3.84. The van der Waals surface area contributed by atoms with E-state index in [0.717, 1.165) is 42.6 Å². The number of carbonyl (C=O) groups is 1.